The van der Waals surface area contributed by atoms with Crippen LogP contribution in [-0.4, -0.2) is 89.6 Å². The molecular weight excluding hydrogens is 805 g/mol. The van der Waals surface area contributed by atoms with E-state index in [-0.39, 0.29) is 19.2 Å². The van der Waals surface area contributed by atoms with Crippen molar-refractivity contribution in [2.75, 3.05) is 26.4 Å². The van der Waals surface area contributed by atoms with Gasteiger partial charge >= 0.3 is 5.97 Å². The summed E-state index contributed by atoms with van der Waals surface area (Å²) >= 11 is 0. The van der Waals surface area contributed by atoms with E-state index in [1.54, 1.807) is 0 Å². The molecule has 0 radical (unpaired) electrons. The fourth-order valence-corrected chi connectivity index (χ4v) is 7.31. The minimum Gasteiger partial charge on any atom is -0.457 e. The minimum absolute atomic E-state index is 0.117. The molecule has 6 unspecified atom stereocenters. The maximum atomic E-state index is 12.8. The Balaban J connectivity index is 2.22. The monoisotopic (exact) mass is 899 g/mol. The van der Waals surface area contributed by atoms with E-state index in [4.69, 9.17) is 18.9 Å². The summed E-state index contributed by atoms with van der Waals surface area (Å²) in [7, 11) is 0. The maximum Gasteiger partial charge on any atom is 0.306 e. The quantitative estimate of drug-likeness (QED) is 0.0268. The molecule has 6 atom stereocenters. The molecule has 0 aromatic heterocycles. The number of carbonyl (C=O) groups excluding carboxylic acids is 1. The van der Waals surface area contributed by atoms with Gasteiger partial charge in [0.2, 0.25) is 0 Å². The lowest BCUT2D eigenvalue weighted by atomic mass is 9.99. The predicted octanol–water partition coefficient (Wildman–Crippen LogP) is 12.6. The molecule has 0 aliphatic carbocycles. The van der Waals surface area contributed by atoms with E-state index in [1.807, 2.05) is 0 Å². The zero-order valence-electron chi connectivity index (χ0n) is 40.5. The van der Waals surface area contributed by atoms with Crippen LogP contribution in [0.2, 0.25) is 0 Å². The summed E-state index contributed by atoms with van der Waals surface area (Å²) in [6.07, 6.45) is 54.8. The van der Waals surface area contributed by atoms with Gasteiger partial charge in [-0.25, -0.2) is 0 Å². The van der Waals surface area contributed by atoms with Crippen molar-refractivity contribution in [2.45, 2.75) is 230 Å². The van der Waals surface area contributed by atoms with Gasteiger partial charge in [0.25, 0.3) is 0 Å². The van der Waals surface area contributed by atoms with Crippen molar-refractivity contribution in [1.82, 2.24) is 0 Å². The highest BCUT2D eigenvalue weighted by Crippen LogP contribution is 2.22. The smallest absolute Gasteiger partial charge is 0.306 e. The number of esters is 1. The molecule has 0 spiro atoms. The molecule has 64 heavy (non-hydrogen) atoms. The molecule has 0 aromatic rings. The van der Waals surface area contributed by atoms with E-state index in [9.17, 15) is 25.2 Å². The van der Waals surface area contributed by atoms with Crippen LogP contribution in [0.1, 0.15) is 194 Å². The van der Waals surface area contributed by atoms with Crippen molar-refractivity contribution in [3.63, 3.8) is 0 Å². The zero-order valence-corrected chi connectivity index (χ0v) is 40.5. The van der Waals surface area contributed by atoms with Crippen LogP contribution in [0.25, 0.3) is 0 Å². The van der Waals surface area contributed by atoms with E-state index in [0.717, 1.165) is 83.5 Å². The number of unbranched alkanes of at least 4 members (excludes halogenated alkanes) is 18. The Kier molecular flexibility index (Phi) is 42.2. The summed E-state index contributed by atoms with van der Waals surface area (Å²) < 4.78 is 22.8. The Morgan fingerprint density at radius 2 is 0.953 bits per heavy atom. The fourth-order valence-electron chi connectivity index (χ4n) is 7.31. The van der Waals surface area contributed by atoms with E-state index in [0.29, 0.717) is 13.0 Å². The van der Waals surface area contributed by atoms with Crippen molar-refractivity contribution < 1.29 is 44.2 Å². The van der Waals surface area contributed by atoms with Gasteiger partial charge in [-0.15, -0.1) is 0 Å². The Hall–Kier alpha value is -2.63. The first kappa shape index (κ1) is 59.4. The number of ether oxygens (including phenoxy) is 4. The number of hydrogen-bond donors (Lipinski definition) is 4. The highest BCUT2D eigenvalue weighted by Gasteiger charge is 2.44. The van der Waals surface area contributed by atoms with Crippen LogP contribution < -0.4 is 0 Å². The van der Waals surface area contributed by atoms with Crippen LogP contribution in [0.3, 0.4) is 0 Å². The van der Waals surface area contributed by atoms with Crippen LogP contribution >= 0.6 is 0 Å². The molecule has 4 N–H and O–H groups in total. The molecule has 1 fully saturated rings. The molecule has 0 bridgehead atoms. The summed E-state index contributed by atoms with van der Waals surface area (Å²) in [5.41, 5.74) is 0. The Bertz CT molecular complexity index is 1250. The van der Waals surface area contributed by atoms with Gasteiger partial charge in [0.1, 0.15) is 30.5 Å². The van der Waals surface area contributed by atoms with Crippen LogP contribution in [0.5, 0.6) is 0 Å². The van der Waals surface area contributed by atoms with Crippen LogP contribution in [0.15, 0.2) is 85.1 Å². The second-order valence-corrected chi connectivity index (χ2v) is 17.2. The van der Waals surface area contributed by atoms with Gasteiger partial charge in [0.05, 0.1) is 19.8 Å². The third-order valence-electron chi connectivity index (χ3n) is 11.3. The van der Waals surface area contributed by atoms with E-state index < -0.39 is 43.4 Å². The molecular formula is C55H94O9. The second-order valence-electron chi connectivity index (χ2n) is 17.2. The van der Waals surface area contributed by atoms with E-state index in [2.05, 4.69) is 98.9 Å². The normalized spacial score (nSPS) is 20.2. The molecule has 9 nitrogen and oxygen atoms in total. The van der Waals surface area contributed by atoms with Gasteiger partial charge < -0.3 is 39.4 Å². The number of aliphatic hydroxyl groups is 4. The highest BCUT2D eigenvalue weighted by atomic mass is 16.7. The van der Waals surface area contributed by atoms with Gasteiger partial charge in [-0.2, -0.15) is 0 Å². The first-order chi connectivity index (χ1) is 31.4. The molecule has 0 amide bonds. The molecule has 1 heterocycles. The molecule has 1 aliphatic heterocycles. The largest absolute Gasteiger partial charge is 0.457 e. The van der Waals surface area contributed by atoms with Gasteiger partial charge in [0.15, 0.2) is 6.29 Å². The predicted molar refractivity (Wildman–Crippen MR) is 265 cm³/mol. The van der Waals surface area contributed by atoms with E-state index in [1.165, 1.54) is 89.9 Å². The topological polar surface area (TPSA) is 135 Å². The lowest BCUT2D eigenvalue weighted by Crippen LogP contribution is -2.59. The number of carbonyl (C=O) groups is 1. The van der Waals surface area contributed by atoms with Crippen molar-refractivity contribution >= 4 is 5.97 Å². The summed E-state index contributed by atoms with van der Waals surface area (Å²) in [6, 6.07) is 0. The molecule has 9 heteroatoms. The molecule has 0 saturated carbocycles. The third kappa shape index (κ3) is 35.6. The first-order valence-electron chi connectivity index (χ1n) is 25.7. The summed E-state index contributed by atoms with van der Waals surface area (Å²) in [4.78, 5) is 12.8. The van der Waals surface area contributed by atoms with Crippen LogP contribution in [0.4, 0.5) is 0 Å². The average Bonchev–Trinajstić information content (AvgIpc) is 3.30. The number of allylic oxidation sites excluding steroid dienone is 14. The number of rotatable bonds is 43. The SMILES string of the molecule is CC/C=C\C/C=C\C/C=C\C/C=C\CCCCCOCC(COC1OC(CO)C(O)C(O)C1O)OC(=O)CCCCCCCCCCCC/C=C\C/C=C\C/C=C\CCCCCCC. The summed E-state index contributed by atoms with van der Waals surface area (Å²) in [5.74, 6) is -0.332. The third-order valence-corrected chi connectivity index (χ3v) is 11.3. The molecule has 0 aromatic carbocycles. The number of hydrogen-bond acceptors (Lipinski definition) is 9. The maximum absolute atomic E-state index is 12.8. The Labute approximate surface area is 390 Å². The van der Waals surface area contributed by atoms with Crippen LogP contribution in [-0.2, 0) is 23.7 Å². The number of aliphatic hydroxyl groups excluding tert-OH is 4. The molecule has 1 aliphatic rings. The molecule has 368 valence electrons. The van der Waals surface area contributed by atoms with Crippen molar-refractivity contribution in [1.29, 1.82) is 0 Å². The van der Waals surface area contributed by atoms with Crippen LogP contribution in [0, 0.1) is 0 Å². The average molecular weight is 899 g/mol. The van der Waals surface area contributed by atoms with Crippen molar-refractivity contribution in [3.05, 3.63) is 85.1 Å². The van der Waals surface area contributed by atoms with Crippen molar-refractivity contribution in [2.24, 2.45) is 0 Å². The lowest BCUT2D eigenvalue weighted by Gasteiger charge is -2.39. The molecule has 1 saturated heterocycles. The zero-order chi connectivity index (χ0) is 46.4. The highest BCUT2D eigenvalue weighted by molar-refractivity contribution is 5.69. The Morgan fingerprint density at radius 1 is 0.516 bits per heavy atom. The standard InChI is InChI=1S/C55H94O9/c1-3-5-7-9-11-13-15-17-19-21-22-23-24-25-26-27-28-29-30-32-34-36-38-40-42-44-51(57)63-49(48-62-55-54(60)53(59)52(58)50(46-56)64-55)47-61-45-43-41-39-37-35-33-31-20-18-16-14-12-10-8-6-4-2/h6,8,12,14-15,17-18,20-22,24-25,33,35,49-50,52-56,58-60H,3-5,7,9-11,13,16,19,23,26-32,34,36-48H2,1-2H3/b8-6-,14-12-,17-15-,20-18-,22-21-,25-24-,35-33-. The van der Waals surface area contributed by atoms with Gasteiger partial charge in [0, 0.05) is 13.0 Å². The van der Waals surface area contributed by atoms with Gasteiger partial charge in [-0.1, -0.05) is 182 Å². The van der Waals surface area contributed by atoms with Gasteiger partial charge in [-0.3, -0.25) is 4.79 Å². The Morgan fingerprint density at radius 3 is 1.44 bits per heavy atom. The minimum atomic E-state index is -1.55. The van der Waals surface area contributed by atoms with Gasteiger partial charge in [-0.05, 0) is 89.9 Å². The summed E-state index contributed by atoms with van der Waals surface area (Å²) in [6.45, 7) is 4.35. The fraction of sp³-hybridized carbons (Fsp3) is 0.727. The van der Waals surface area contributed by atoms with Crippen molar-refractivity contribution in [3.8, 4) is 0 Å². The lowest BCUT2D eigenvalue weighted by molar-refractivity contribution is -0.305. The first-order valence-corrected chi connectivity index (χ1v) is 25.7. The molecule has 1 rings (SSSR count). The van der Waals surface area contributed by atoms with E-state index >= 15 is 0 Å². The second kappa shape index (κ2) is 45.5. The summed E-state index contributed by atoms with van der Waals surface area (Å²) in [5, 5.41) is 40.2.